The van der Waals surface area contributed by atoms with Gasteiger partial charge in [-0.3, -0.25) is 24.3 Å². The molecule has 0 bridgehead atoms. The van der Waals surface area contributed by atoms with Crippen molar-refractivity contribution in [2.24, 2.45) is 5.73 Å². The van der Waals surface area contributed by atoms with Crippen molar-refractivity contribution < 1.29 is 39.1 Å². The second-order valence-electron chi connectivity index (χ2n) is 14.3. The highest BCUT2D eigenvalue weighted by atomic mass is 16.7. The van der Waals surface area contributed by atoms with Crippen molar-refractivity contribution in [3.8, 4) is 0 Å². The van der Waals surface area contributed by atoms with Crippen molar-refractivity contribution in [3.63, 3.8) is 0 Å². The van der Waals surface area contributed by atoms with E-state index >= 15 is 0 Å². The number of nitrogens with zero attached hydrogens (tertiary/aromatic N) is 2. The van der Waals surface area contributed by atoms with Crippen molar-refractivity contribution in [1.82, 2.24) is 19.8 Å². The van der Waals surface area contributed by atoms with E-state index in [1.54, 1.807) is 0 Å². The lowest BCUT2D eigenvalue weighted by molar-refractivity contribution is -0.175. The van der Waals surface area contributed by atoms with Gasteiger partial charge in [0.1, 0.15) is 30.5 Å². The fraction of sp³-hybridized carbons (Fsp3) is 0.838. The molecule has 0 aromatic carbocycles. The van der Waals surface area contributed by atoms with E-state index in [-0.39, 0.29) is 32.1 Å². The van der Waals surface area contributed by atoms with Gasteiger partial charge in [-0.1, -0.05) is 90.4 Å². The molecule has 3 rings (SSSR count). The molecule has 0 spiro atoms. The van der Waals surface area contributed by atoms with Crippen molar-refractivity contribution in [2.45, 2.75) is 165 Å². The Hall–Kier alpha value is -2.66. The minimum atomic E-state index is -1.35. The third-order valence-electron chi connectivity index (χ3n) is 10.1. The van der Waals surface area contributed by atoms with Crippen LogP contribution >= 0.6 is 0 Å². The van der Waals surface area contributed by atoms with Crippen LogP contribution in [0, 0.1) is 0 Å². The zero-order chi connectivity index (χ0) is 37.7. The van der Waals surface area contributed by atoms with Gasteiger partial charge in [-0.25, -0.2) is 4.79 Å². The molecule has 3 heterocycles. The lowest BCUT2D eigenvalue weighted by Gasteiger charge is -2.31. The average molecular weight is 740 g/mol. The second kappa shape index (κ2) is 24.6. The molecular weight excluding hydrogens is 674 g/mol. The predicted octanol–water partition coefficient (Wildman–Crippen LogP) is 1.68. The predicted molar refractivity (Wildman–Crippen MR) is 195 cm³/mol. The fourth-order valence-electron chi connectivity index (χ4n) is 6.88. The molecular formula is C37H65N5O10. The van der Waals surface area contributed by atoms with E-state index in [0.29, 0.717) is 38.8 Å². The van der Waals surface area contributed by atoms with E-state index in [9.17, 15) is 34.5 Å². The number of rotatable bonds is 26. The van der Waals surface area contributed by atoms with Crippen molar-refractivity contribution in [3.05, 3.63) is 33.1 Å². The summed E-state index contributed by atoms with van der Waals surface area (Å²) in [7, 11) is 0. The highest BCUT2D eigenvalue weighted by Gasteiger charge is 2.44. The van der Waals surface area contributed by atoms with Crippen LogP contribution in [0.3, 0.4) is 0 Å². The van der Waals surface area contributed by atoms with Gasteiger partial charge >= 0.3 is 11.7 Å². The number of aromatic nitrogens is 2. The summed E-state index contributed by atoms with van der Waals surface area (Å²) in [5, 5.41) is 33.6. The summed E-state index contributed by atoms with van der Waals surface area (Å²) in [6.07, 6.45) is 13.8. The van der Waals surface area contributed by atoms with Gasteiger partial charge in [0, 0.05) is 38.3 Å². The van der Waals surface area contributed by atoms with Gasteiger partial charge in [0.15, 0.2) is 6.29 Å². The number of aryl methyl sites for hydroxylation is 1. The molecule has 298 valence electrons. The Balaban J connectivity index is 1.51. The Labute approximate surface area is 307 Å². The van der Waals surface area contributed by atoms with E-state index in [0.717, 1.165) is 19.3 Å². The summed E-state index contributed by atoms with van der Waals surface area (Å²) in [5.74, 6) is -0.830. The van der Waals surface area contributed by atoms with Gasteiger partial charge in [-0.05, 0) is 25.8 Å². The molecule has 15 nitrogen and oxygen atoms in total. The molecule has 2 aliphatic rings. The molecule has 2 saturated heterocycles. The summed E-state index contributed by atoms with van der Waals surface area (Å²) in [4.78, 5) is 54.0. The molecule has 15 heteroatoms. The van der Waals surface area contributed by atoms with Gasteiger partial charge in [0.25, 0.3) is 5.56 Å². The molecule has 2 aliphatic heterocycles. The van der Waals surface area contributed by atoms with Crippen molar-refractivity contribution in [2.75, 3.05) is 32.8 Å². The van der Waals surface area contributed by atoms with Crippen molar-refractivity contribution in [1.29, 1.82) is 0 Å². The fourth-order valence-corrected chi connectivity index (χ4v) is 6.88. The number of hydrogen-bond donors (Lipinski definition) is 6. The molecule has 1 amide bonds. The summed E-state index contributed by atoms with van der Waals surface area (Å²) in [6.45, 7) is 2.51. The Morgan fingerprint density at radius 2 is 1.52 bits per heavy atom. The maximum atomic E-state index is 13.5. The third kappa shape index (κ3) is 15.0. The van der Waals surface area contributed by atoms with E-state index in [1.165, 1.54) is 74.6 Å². The van der Waals surface area contributed by atoms with Gasteiger partial charge in [-0.15, -0.1) is 0 Å². The number of unbranched alkanes of at least 4 members (excludes halogenated alkanes) is 14. The number of carbonyl (C=O) groups excluding carboxylic acids is 2. The monoisotopic (exact) mass is 739 g/mol. The molecule has 7 atom stereocenters. The standard InChI is InChI=1S/C37H65N5O10/c1-2-3-4-5-6-7-8-9-10-11-12-13-15-18-32(45)51-30-24-42(21-17-14-16-20-41-22-19-31(44)40-37(41)49)28(35(48)39-27(30)25-43)26-50-36-34(47)33(46)29(23-38)52-36/h19,22,27-30,33-34,36,43,46-47H,2-18,20-21,23-26,38H2,1H3,(H,39,48)(H,40,44,49)/t27-,28+,29-,30+,33-,34-,36-/m1/s1. The molecule has 1 aromatic rings. The molecule has 0 radical (unpaired) electrons. The smallest absolute Gasteiger partial charge is 0.328 e. The first-order chi connectivity index (χ1) is 25.2. The summed E-state index contributed by atoms with van der Waals surface area (Å²) in [6, 6.07) is -0.427. The lowest BCUT2D eigenvalue weighted by atomic mass is 10.0. The number of aliphatic hydroxyl groups excluding tert-OH is 3. The van der Waals surface area contributed by atoms with Crippen LogP contribution in [0.5, 0.6) is 0 Å². The van der Waals surface area contributed by atoms with Gasteiger partial charge in [0.05, 0.1) is 19.3 Å². The Morgan fingerprint density at radius 3 is 2.12 bits per heavy atom. The quantitative estimate of drug-likeness (QED) is 0.0591. The summed E-state index contributed by atoms with van der Waals surface area (Å²) in [5.41, 5.74) is 4.69. The zero-order valence-corrected chi connectivity index (χ0v) is 31.1. The molecule has 0 aliphatic carbocycles. The number of nitrogens with one attached hydrogen (secondary N) is 2. The van der Waals surface area contributed by atoms with Crippen LogP contribution in [0.1, 0.15) is 116 Å². The number of ether oxygens (including phenoxy) is 3. The van der Waals surface area contributed by atoms with Crippen molar-refractivity contribution >= 4 is 11.9 Å². The maximum Gasteiger partial charge on any atom is 0.328 e. The van der Waals surface area contributed by atoms with E-state index in [1.807, 2.05) is 4.90 Å². The zero-order valence-electron chi connectivity index (χ0n) is 31.1. The van der Waals surface area contributed by atoms with Crippen LogP contribution in [-0.2, 0) is 30.3 Å². The molecule has 52 heavy (non-hydrogen) atoms. The van der Waals surface area contributed by atoms with Crippen LogP contribution in [0.2, 0.25) is 0 Å². The van der Waals surface area contributed by atoms with Crippen LogP contribution in [-0.4, -0.2) is 117 Å². The van der Waals surface area contributed by atoms with E-state index in [4.69, 9.17) is 19.9 Å². The van der Waals surface area contributed by atoms with Gasteiger partial charge < -0.3 is 45.1 Å². The SMILES string of the molecule is CCCCCCCCCCCCCCCC(=O)O[C@H]1CN(CCCCCn2ccc(=O)[nH]c2=O)[C@@H](CO[C@@H]2O[C@H](CN)[C@@H](O)[C@H]2O)C(=O)N[C@@H]1CO. The highest BCUT2D eigenvalue weighted by molar-refractivity contribution is 5.82. The van der Waals surface area contributed by atoms with E-state index in [2.05, 4.69) is 17.2 Å². The number of hydrogen-bond acceptors (Lipinski definition) is 12. The third-order valence-corrected chi connectivity index (χ3v) is 10.1. The average Bonchev–Trinajstić information content (AvgIpc) is 3.33. The number of aliphatic hydroxyl groups is 3. The summed E-state index contributed by atoms with van der Waals surface area (Å²) < 4.78 is 18.7. The van der Waals surface area contributed by atoms with Crippen LogP contribution in [0.25, 0.3) is 0 Å². The van der Waals surface area contributed by atoms with Crippen LogP contribution in [0.4, 0.5) is 0 Å². The van der Waals surface area contributed by atoms with Gasteiger partial charge in [0.2, 0.25) is 5.91 Å². The minimum Gasteiger partial charge on any atom is -0.459 e. The number of H-pyrrole nitrogens is 1. The molecule has 1 aromatic heterocycles. The molecule has 2 fully saturated rings. The minimum absolute atomic E-state index is 0.0240. The van der Waals surface area contributed by atoms with Crippen LogP contribution in [0.15, 0.2) is 21.9 Å². The number of carbonyl (C=O) groups is 2. The first-order valence-electron chi connectivity index (χ1n) is 19.7. The topological polar surface area (TPSA) is 219 Å². The number of amides is 1. The first-order valence-corrected chi connectivity index (χ1v) is 19.7. The number of esters is 1. The molecule has 0 saturated carbocycles. The maximum absolute atomic E-state index is 13.5. The molecule has 7 N–H and O–H groups in total. The Bertz CT molecular complexity index is 1280. The number of aromatic amines is 1. The molecule has 0 unspecified atom stereocenters. The largest absolute Gasteiger partial charge is 0.459 e. The second-order valence-corrected chi connectivity index (χ2v) is 14.3. The lowest BCUT2D eigenvalue weighted by Crippen LogP contribution is -2.50. The first kappa shape index (κ1) is 43.7. The summed E-state index contributed by atoms with van der Waals surface area (Å²) >= 11 is 0. The van der Waals surface area contributed by atoms with Gasteiger partial charge in [-0.2, -0.15) is 0 Å². The number of nitrogens with two attached hydrogens (primary N) is 1. The highest BCUT2D eigenvalue weighted by Crippen LogP contribution is 2.23. The normalized spacial score (nSPS) is 25.2. The Kier molecular flexibility index (Phi) is 20.7. The van der Waals surface area contributed by atoms with Crippen LogP contribution < -0.4 is 22.3 Å². The van der Waals surface area contributed by atoms with E-state index < -0.39 is 66.6 Å². The Morgan fingerprint density at radius 1 is 0.904 bits per heavy atom.